The molecule has 0 bridgehead atoms. The highest BCUT2D eigenvalue weighted by atomic mass is 16.6. The summed E-state index contributed by atoms with van der Waals surface area (Å²) in [6, 6.07) is 25.9. The fourth-order valence-electron chi connectivity index (χ4n) is 2.80. The van der Waals surface area contributed by atoms with Crippen molar-refractivity contribution in [3.05, 3.63) is 95.3 Å². The second-order valence-electron chi connectivity index (χ2n) is 5.61. The molecule has 4 aromatic rings. The van der Waals surface area contributed by atoms with Crippen LogP contribution in [0.5, 0.6) is 0 Å². The predicted molar refractivity (Wildman–Crippen MR) is 94.5 cm³/mol. The van der Waals surface area contributed by atoms with E-state index >= 15 is 0 Å². The van der Waals surface area contributed by atoms with Gasteiger partial charge in [0.25, 0.3) is 11.4 Å². The Kier molecular flexibility index (Phi) is 3.35. The van der Waals surface area contributed by atoms with Crippen LogP contribution < -0.4 is 0 Å². The quantitative estimate of drug-likeness (QED) is 0.281. The molecule has 4 nitrogen and oxygen atoms in total. The lowest BCUT2D eigenvalue weighted by molar-refractivity contribution is -0.896. The average Bonchev–Trinajstić information content (AvgIpc) is 2.66. The summed E-state index contributed by atoms with van der Waals surface area (Å²) in [7, 11) is 0. The minimum Gasteiger partial charge on any atom is -0.561 e. The summed E-state index contributed by atoms with van der Waals surface area (Å²) in [5, 5.41) is 28.8. The molecule has 4 rings (SSSR count). The summed E-state index contributed by atoms with van der Waals surface area (Å²) in [4.78, 5) is 0.743. The van der Waals surface area contributed by atoms with E-state index < -0.39 is 0 Å². The molecule has 0 spiro atoms. The molecule has 24 heavy (non-hydrogen) atoms. The van der Waals surface area contributed by atoms with Crippen LogP contribution in [0.3, 0.4) is 0 Å². The Morgan fingerprint density at radius 3 is 1.25 bits per heavy atom. The number of fused-ring (bicyclic) bond motifs is 2. The Bertz CT molecular complexity index is 1000. The molecule has 0 unspecified atom stereocenters. The van der Waals surface area contributed by atoms with E-state index in [1.807, 2.05) is 60.7 Å². The monoisotopic (exact) mass is 314 g/mol. The van der Waals surface area contributed by atoms with Crippen molar-refractivity contribution in [1.82, 2.24) is 0 Å². The maximum absolute atomic E-state index is 12.5. The van der Waals surface area contributed by atoms with Gasteiger partial charge in [0, 0.05) is 24.3 Å². The van der Waals surface area contributed by atoms with Crippen molar-refractivity contribution in [2.45, 2.75) is 0 Å². The lowest BCUT2D eigenvalue weighted by Gasteiger charge is -2.05. The highest BCUT2D eigenvalue weighted by molar-refractivity contribution is 5.85. The summed E-state index contributed by atoms with van der Waals surface area (Å²) in [5.41, 5.74) is 0.605. The molecule has 0 saturated heterocycles. The fourth-order valence-corrected chi connectivity index (χ4v) is 2.80. The Balaban J connectivity index is 1.82. The maximum atomic E-state index is 12.5. The second kappa shape index (κ2) is 5.66. The van der Waals surface area contributed by atoms with Crippen LogP contribution in [0.1, 0.15) is 0 Å². The lowest BCUT2D eigenvalue weighted by Crippen LogP contribution is -2.08. The van der Waals surface area contributed by atoms with E-state index in [0.717, 1.165) is 21.5 Å². The van der Waals surface area contributed by atoms with Gasteiger partial charge in [0.05, 0.1) is 9.72 Å². The van der Waals surface area contributed by atoms with Crippen LogP contribution in [0, 0.1) is 10.4 Å². The van der Waals surface area contributed by atoms with Gasteiger partial charge in [-0.15, -0.1) is 0 Å². The highest BCUT2D eigenvalue weighted by Gasteiger charge is 2.16. The molecule has 0 radical (unpaired) electrons. The van der Waals surface area contributed by atoms with Gasteiger partial charge < -0.3 is 10.4 Å². The van der Waals surface area contributed by atoms with Crippen molar-refractivity contribution in [2.24, 2.45) is 0 Å². The standard InChI is InChI=1S/C20H14N2O2/c23-21(19-11-9-15-5-1-3-7-17(15)13-19)22(24)20-12-10-16-6-2-4-8-18(16)14-20/h1-14H/b22-21+. The van der Waals surface area contributed by atoms with Gasteiger partial charge in [-0.05, 0) is 33.7 Å². The number of hydrogen-bond acceptors (Lipinski definition) is 2. The third-order valence-corrected chi connectivity index (χ3v) is 4.07. The van der Waals surface area contributed by atoms with E-state index in [4.69, 9.17) is 0 Å². The molecule has 4 aromatic carbocycles. The first-order valence-electron chi connectivity index (χ1n) is 7.64. The Morgan fingerprint density at radius 1 is 0.458 bits per heavy atom. The SMILES string of the molecule is [O-]/[N+](c1ccc2ccccc2c1)=[N+](/[O-])c1ccc2ccccc2c1. The highest BCUT2D eigenvalue weighted by Crippen LogP contribution is 2.24. The molecule has 0 amide bonds. The molecule has 0 N–H and O–H groups in total. The van der Waals surface area contributed by atoms with Crippen molar-refractivity contribution in [2.75, 3.05) is 0 Å². The minimum atomic E-state index is 0.303. The zero-order valence-electron chi connectivity index (χ0n) is 12.8. The first kappa shape index (κ1) is 14.2. The van der Waals surface area contributed by atoms with Gasteiger partial charge in [-0.1, -0.05) is 48.5 Å². The summed E-state index contributed by atoms with van der Waals surface area (Å²) in [5.74, 6) is 0. The van der Waals surface area contributed by atoms with Crippen LogP contribution in [-0.4, -0.2) is 9.72 Å². The van der Waals surface area contributed by atoms with Crippen molar-refractivity contribution in [1.29, 1.82) is 0 Å². The Morgan fingerprint density at radius 2 is 0.833 bits per heavy atom. The molecule has 0 saturated carbocycles. The topological polar surface area (TPSA) is 52.1 Å². The van der Waals surface area contributed by atoms with Crippen LogP contribution in [0.25, 0.3) is 21.5 Å². The van der Waals surface area contributed by atoms with Gasteiger partial charge in [0.15, 0.2) is 0 Å². The van der Waals surface area contributed by atoms with Crippen LogP contribution in [0.2, 0.25) is 0 Å². The fraction of sp³-hybridized carbons (Fsp3) is 0. The zero-order valence-corrected chi connectivity index (χ0v) is 12.8. The first-order valence-corrected chi connectivity index (χ1v) is 7.64. The largest absolute Gasteiger partial charge is 0.561 e. The van der Waals surface area contributed by atoms with Crippen molar-refractivity contribution in [3.8, 4) is 0 Å². The maximum Gasteiger partial charge on any atom is 0.288 e. The lowest BCUT2D eigenvalue weighted by atomic mass is 10.1. The predicted octanol–water partition coefficient (Wildman–Crippen LogP) is 5.43. The van der Waals surface area contributed by atoms with Crippen LogP contribution in [-0.2, 0) is 0 Å². The molecule has 0 aliphatic rings. The van der Waals surface area contributed by atoms with Gasteiger partial charge in [0.2, 0.25) is 0 Å². The number of nitrogens with zero attached hydrogens (tertiary/aromatic N) is 2. The molecule has 0 atom stereocenters. The van der Waals surface area contributed by atoms with Gasteiger partial charge in [0.1, 0.15) is 0 Å². The first-order chi connectivity index (χ1) is 11.7. The molecule has 0 aliphatic carbocycles. The van der Waals surface area contributed by atoms with Crippen LogP contribution >= 0.6 is 0 Å². The minimum absolute atomic E-state index is 0.303. The molecule has 0 aromatic heterocycles. The molecule has 0 heterocycles. The van der Waals surface area contributed by atoms with Crippen LogP contribution in [0.15, 0.2) is 84.9 Å². The molecule has 4 heteroatoms. The third kappa shape index (κ3) is 2.44. The smallest absolute Gasteiger partial charge is 0.288 e. The molecule has 116 valence electrons. The number of hydrogen-bond donors (Lipinski definition) is 0. The number of azo groups is 1. The molecular formula is C20H14N2O2. The molecular weight excluding hydrogens is 300 g/mol. The summed E-state index contributed by atoms with van der Waals surface area (Å²) >= 11 is 0. The van der Waals surface area contributed by atoms with Gasteiger partial charge in [-0.2, -0.15) is 0 Å². The summed E-state index contributed by atoms with van der Waals surface area (Å²) in [6.45, 7) is 0. The van der Waals surface area contributed by atoms with Crippen LogP contribution in [0.4, 0.5) is 11.4 Å². The zero-order chi connectivity index (χ0) is 16.5. The van der Waals surface area contributed by atoms with E-state index in [9.17, 15) is 10.4 Å². The second-order valence-corrected chi connectivity index (χ2v) is 5.61. The van der Waals surface area contributed by atoms with Crippen molar-refractivity contribution in [3.63, 3.8) is 0 Å². The van der Waals surface area contributed by atoms with Gasteiger partial charge in [-0.25, -0.2) is 0 Å². The van der Waals surface area contributed by atoms with E-state index in [0.29, 0.717) is 21.1 Å². The van der Waals surface area contributed by atoms with E-state index in [1.165, 1.54) is 0 Å². The van der Waals surface area contributed by atoms with Crippen molar-refractivity contribution >= 4 is 32.9 Å². The molecule has 0 fully saturated rings. The van der Waals surface area contributed by atoms with E-state index in [2.05, 4.69) is 0 Å². The third-order valence-electron chi connectivity index (χ3n) is 4.07. The average molecular weight is 314 g/mol. The summed E-state index contributed by atoms with van der Waals surface area (Å²) < 4.78 is 0. The van der Waals surface area contributed by atoms with E-state index in [1.54, 1.807) is 24.3 Å². The Hall–Kier alpha value is -3.40. The van der Waals surface area contributed by atoms with Crippen molar-refractivity contribution < 1.29 is 9.72 Å². The number of benzene rings is 4. The Labute approximate surface area is 138 Å². The van der Waals surface area contributed by atoms with E-state index in [-0.39, 0.29) is 0 Å². The normalized spacial score (nSPS) is 12.3. The molecule has 0 aliphatic heterocycles. The number of rotatable bonds is 2. The summed E-state index contributed by atoms with van der Waals surface area (Å²) in [6.07, 6.45) is 0. The van der Waals surface area contributed by atoms with Gasteiger partial charge >= 0.3 is 0 Å². The van der Waals surface area contributed by atoms with Gasteiger partial charge in [-0.3, -0.25) is 0 Å².